The molecule has 172 valence electrons. The zero-order chi connectivity index (χ0) is 24.0. The number of carbonyl (C=O) groups is 1. The second-order valence-corrected chi connectivity index (χ2v) is 7.91. The van der Waals surface area contributed by atoms with Gasteiger partial charge in [0.05, 0.1) is 30.4 Å². The number of nitrogen functional groups attached to an aromatic ring is 1. The molecule has 0 aliphatic carbocycles. The van der Waals surface area contributed by atoms with E-state index in [4.69, 9.17) is 15.4 Å². The fourth-order valence-corrected chi connectivity index (χ4v) is 3.88. The maximum Gasteiger partial charge on any atom is 0.393 e. The van der Waals surface area contributed by atoms with Crippen LogP contribution in [0.1, 0.15) is 22.6 Å². The number of carbonyl (C=O) groups excluding carboxylic acids is 1. The van der Waals surface area contributed by atoms with E-state index in [9.17, 15) is 22.4 Å². The number of anilines is 1. The summed E-state index contributed by atoms with van der Waals surface area (Å²) in [6.07, 6.45) is -5.51. The Morgan fingerprint density at radius 3 is 2.55 bits per heavy atom. The molecule has 1 heterocycles. The first-order chi connectivity index (χ1) is 15.6. The maximum absolute atomic E-state index is 14.4. The molecule has 3 aromatic rings. The molecule has 0 unspecified atom stereocenters. The number of nitrogens with zero attached hydrogens (tertiary/aromatic N) is 4. The number of alkyl halides is 3. The van der Waals surface area contributed by atoms with Gasteiger partial charge in [0.15, 0.2) is 0 Å². The van der Waals surface area contributed by atoms with Crippen LogP contribution in [-0.4, -0.2) is 32.9 Å². The molecule has 0 atom stereocenters. The number of nitriles is 1. The number of thioether (sulfide) groups is 1. The summed E-state index contributed by atoms with van der Waals surface area (Å²) in [4.78, 5) is 14.5. The highest BCUT2D eigenvalue weighted by atomic mass is 32.2. The second kappa shape index (κ2) is 10.4. The Morgan fingerprint density at radius 2 is 1.91 bits per heavy atom. The topological polar surface area (TPSA) is 109 Å². The Labute approximate surface area is 190 Å². The van der Waals surface area contributed by atoms with Crippen molar-refractivity contribution >= 4 is 23.7 Å². The Balaban J connectivity index is 1.78. The van der Waals surface area contributed by atoms with E-state index in [2.05, 4.69) is 10.2 Å². The lowest BCUT2D eigenvalue weighted by molar-refractivity contribution is -0.130. The average Bonchev–Trinajstić information content (AvgIpc) is 3.17. The first-order valence-electron chi connectivity index (χ1n) is 9.46. The average molecular weight is 479 g/mol. The quantitative estimate of drug-likeness (QED) is 0.383. The van der Waals surface area contributed by atoms with E-state index in [1.807, 2.05) is 6.07 Å². The number of nitrogens with two attached hydrogens (primary N) is 1. The van der Waals surface area contributed by atoms with Gasteiger partial charge in [-0.25, -0.2) is 4.39 Å². The summed E-state index contributed by atoms with van der Waals surface area (Å²) in [5.74, 6) is -1.38. The Morgan fingerprint density at radius 1 is 1.15 bits per heavy atom. The molecule has 0 radical (unpaired) electrons. The van der Waals surface area contributed by atoms with Crippen molar-refractivity contribution in [1.82, 2.24) is 15.1 Å². The van der Waals surface area contributed by atoms with Crippen LogP contribution < -0.4 is 5.73 Å². The monoisotopic (exact) mass is 479 g/mol. The summed E-state index contributed by atoms with van der Waals surface area (Å²) in [6.45, 7) is -0.378. The molecule has 0 fully saturated rings. The highest BCUT2D eigenvalue weighted by Gasteiger charge is 2.29. The van der Waals surface area contributed by atoms with Gasteiger partial charge in [0.25, 0.3) is 0 Å². The van der Waals surface area contributed by atoms with Crippen molar-refractivity contribution in [3.8, 4) is 6.07 Å². The lowest BCUT2D eigenvalue weighted by Crippen LogP contribution is -2.32. The smallest absolute Gasteiger partial charge is 0.393 e. The van der Waals surface area contributed by atoms with E-state index in [0.29, 0.717) is 4.90 Å². The standard InChI is InChI=1S/C21H17F4N5O2S/c22-16-7-13(9-26)5-6-15(16)10-30(11-18-28-29-20(27)32-18)19(31)12-33-17-4-2-1-3-14(17)8-21(23,24)25/h1-7H,8,10-12H2,(H2,27,29). The lowest BCUT2D eigenvalue weighted by atomic mass is 10.1. The summed E-state index contributed by atoms with van der Waals surface area (Å²) in [5.41, 5.74) is 5.72. The van der Waals surface area contributed by atoms with Crippen molar-refractivity contribution < 1.29 is 26.8 Å². The summed E-state index contributed by atoms with van der Waals surface area (Å²) in [7, 11) is 0. The molecule has 0 spiro atoms. The van der Waals surface area contributed by atoms with Crippen molar-refractivity contribution in [2.75, 3.05) is 11.5 Å². The molecule has 12 heteroatoms. The van der Waals surface area contributed by atoms with E-state index in [0.717, 1.165) is 17.8 Å². The first-order valence-corrected chi connectivity index (χ1v) is 10.4. The van der Waals surface area contributed by atoms with E-state index in [-0.39, 0.29) is 47.4 Å². The molecule has 1 aromatic heterocycles. The molecule has 3 rings (SSSR count). The van der Waals surface area contributed by atoms with Gasteiger partial charge in [-0.3, -0.25) is 4.79 Å². The molecule has 2 N–H and O–H groups in total. The van der Waals surface area contributed by atoms with E-state index in [1.165, 1.54) is 35.2 Å². The van der Waals surface area contributed by atoms with Gasteiger partial charge in [-0.15, -0.1) is 16.9 Å². The Kier molecular flexibility index (Phi) is 7.55. The van der Waals surface area contributed by atoms with Gasteiger partial charge < -0.3 is 15.1 Å². The fraction of sp³-hybridized carbons (Fsp3) is 0.238. The van der Waals surface area contributed by atoms with Crippen LogP contribution >= 0.6 is 11.8 Å². The van der Waals surface area contributed by atoms with Crippen molar-refractivity contribution in [3.63, 3.8) is 0 Å². The summed E-state index contributed by atoms with van der Waals surface area (Å²) < 4.78 is 58.1. The van der Waals surface area contributed by atoms with Crippen LogP contribution in [0.25, 0.3) is 0 Å². The van der Waals surface area contributed by atoms with Gasteiger partial charge >= 0.3 is 12.2 Å². The zero-order valence-electron chi connectivity index (χ0n) is 17.0. The lowest BCUT2D eigenvalue weighted by Gasteiger charge is -2.22. The number of rotatable bonds is 8. The van der Waals surface area contributed by atoms with Crippen LogP contribution in [0.15, 0.2) is 51.8 Å². The minimum atomic E-state index is -4.39. The van der Waals surface area contributed by atoms with E-state index in [1.54, 1.807) is 6.07 Å². The summed E-state index contributed by atoms with van der Waals surface area (Å²) in [6, 6.07) is 11.4. The van der Waals surface area contributed by atoms with Gasteiger partial charge in [-0.1, -0.05) is 29.4 Å². The molecule has 0 bridgehead atoms. The third-order valence-electron chi connectivity index (χ3n) is 4.42. The van der Waals surface area contributed by atoms with Gasteiger partial charge in [-0.05, 0) is 23.8 Å². The minimum absolute atomic E-state index is 0.0115. The van der Waals surface area contributed by atoms with Crippen LogP contribution in [0.4, 0.5) is 23.6 Å². The Bertz CT molecular complexity index is 1180. The zero-order valence-corrected chi connectivity index (χ0v) is 17.8. The van der Waals surface area contributed by atoms with E-state index < -0.39 is 24.3 Å². The number of hydrogen-bond donors (Lipinski definition) is 1. The maximum atomic E-state index is 14.4. The van der Waals surface area contributed by atoms with Gasteiger partial charge in [0.2, 0.25) is 11.8 Å². The van der Waals surface area contributed by atoms with Crippen LogP contribution in [0.3, 0.4) is 0 Å². The third kappa shape index (κ3) is 6.95. The van der Waals surface area contributed by atoms with Gasteiger partial charge in [-0.2, -0.15) is 18.4 Å². The van der Waals surface area contributed by atoms with Crippen LogP contribution in [0.2, 0.25) is 0 Å². The normalized spacial score (nSPS) is 11.2. The summed E-state index contributed by atoms with van der Waals surface area (Å²) in [5, 5.41) is 16.1. The SMILES string of the molecule is N#Cc1ccc(CN(Cc2nnc(N)o2)C(=O)CSc2ccccc2CC(F)(F)F)c(F)c1. The Hall–Kier alpha value is -3.59. The van der Waals surface area contributed by atoms with Gasteiger partial charge in [0, 0.05) is 17.0 Å². The number of amides is 1. The molecule has 0 aliphatic heterocycles. The number of hydrogen-bond acceptors (Lipinski definition) is 7. The van der Waals surface area contributed by atoms with Crippen LogP contribution in [0.5, 0.6) is 0 Å². The van der Waals surface area contributed by atoms with Crippen molar-refractivity contribution in [2.45, 2.75) is 30.6 Å². The fourth-order valence-electron chi connectivity index (χ4n) is 2.91. The molecule has 33 heavy (non-hydrogen) atoms. The molecule has 1 amide bonds. The predicted octanol–water partition coefficient (Wildman–Crippen LogP) is 4.09. The second-order valence-electron chi connectivity index (χ2n) is 6.89. The highest BCUT2D eigenvalue weighted by molar-refractivity contribution is 8.00. The predicted molar refractivity (Wildman–Crippen MR) is 111 cm³/mol. The van der Waals surface area contributed by atoms with Crippen molar-refractivity contribution in [2.24, 2.45) is 0 Å². The molecule has 2 aromatic carbocycles. The largest absolute Gasteiger partial charge is 0.406 e. The van der Waals surface area contributed by atoms with Crippen LogP contribution in [0, 0.1) is 17.1 Å². The van der Waals surface area contributed by atoms with Gasteiger partial charge in [0.1, 0.15) is 5.82 Å². The number of aromatic nitrogens is 2. The first kappa shape index (κ1) is 24.1. The molecule has 0 saturated heterocycles. The molecular formula is C21H17F4N5O2S. The molecule has 7 nitrogen and oxygen atoms in total. The van der Waals surface area contributed by atoms with Crippen molar-refractivity contribution in [1.29, 1.82) is 5.26 Å². The highest BCUT2D eigenvalue weighted by Crippen LogP contribution is 2.29. The third-order valence-corrected chi connectivity index (χ3v) is 5.52. The van der Waals surface area contributed by atoms with Crippen LogP contribution in [-0.2, 0) is 24.3 Å². The van der Waals surface area contributed by atoms with E-state index >= 15 is 0 Å². The number of halogens is 4. The molecule has 0 saturated carbocycles. The number of benzene rings is 2. The summed E-state index contributed by atoms with van der Waals surface area (Å²) >= 11 is 0.941. The minimum Gasteiger partial charge on any atom is -0.406 e. The molecular weight excluding hydrogens is 462 g/mol. The molecule has 0 aliphatic rings. The van der Waals surface area contributed by atoms with Crippen molar-refractivity contribution in [3.05, 3.63) is 70.9 Å².